The molecule has 1 saturated heterocycles. The van der Waals surface area contributed by atoms with Crippen molar-refractivity contribution in [3.8, 4) is 10.6 Å². The summed E-state index contributed by atoms with van der Waals surface area (Å²) in [7, 11) is 0. The average molecular weight is 422 g/mol. The maximum Gasteiger partial charge on any atom is 0.252 e. The summed E-state index contributed by atoms with van der Waals surface area (Å²) in [6.07, 6.45) is 2.16. The second-order valence-corrected chi connectivity index (χ2v) is 9.22. The molecule has 5 nitrogen and oxygen atoms in total. The maximum atomic E-state index is 13.2. The fraction of sp³-hybridized carbons (Fsp3) is 0.375. The number of likely N-dealkylation sites (tertiary alicyclic amines) is 1. The standard InChI is InChI=1S/C24H27N3O2S/c1-16(2)14-23(28)27-11-9-17(10-12-27)25-24(29)19-15-21(22-8-5-13-30-22)26-20-7-4-3-6-18(19)20/h3-8,13,15-17H,9-12,14H2,1-2H3,(H,25,29). The fourth-order valence-corrected chi connectivity index (χ4v) is 4.61. The smallest absolute Gasteiger partial charge is 0.252 e. The summed E-state index contributed by atoms with van der Waals surface area (Å²) >= 11 is 1.62. The molecule has 0 aliphatic carbocycles. The first-order valence-corrected chi connectivity index (χ1v) is 11.4. The molecule has 1 N–H and O–H groups in total. The third kappa shape index (κ3) is 4.54. The van der Waals surface area contributed by atoms with Crippen LogP contribution in [0.15, 0.2) is 47.8 Å². The zero-order chi connectivity index (χ0) is 21.1. The lowest BCUT2D eigenvalue weighted by atomic mass is 10.0. The Labute approximate surface area is 181 Å². The second kappa shape index (κ2) is 8.96. The molecule has 1 aromatic carbocycles. The number of pyridine rings is 1. The summed E-state index contributed by atoms with van der Waals surface area (Å²) in [4.78, 5) is 33.2. The fourth-order valence-electron chi connectivity index (χ4n) is 3.93. The van der Waals surface area contributed by atoms with Crippen molar-refractivity contribution in [3.05, 3.63) is 53.4 Å². The van der Waals surface area contributed by atoms with Crippen LogP contribution in [0.25, 0.3) is 21.5 Å². The van der Waals surface area contributed by atoms with Crippen LogP contribution in [0.3, 0.4) is 0 Å². The minimum absolute atomic E-state index is 0.0710. The zero-order valence-electron chi connectivity index (χ0n) is 17.4. The van der Waals surface area contributed by atoms with Gasteiger partial charge in [-0.3, -0.25) is 9.59 Å². The number of piperidine rings is 1. The predicted molar refractivity (Wildman–Crippen MR) is 122 cm³/mol. The SMILES string of the molecule is CC(C)CC(=O)N1CCC(NC(=O)c2cc(-c3cccs3)nc3ccccc23)CC1. The van der Waals surface area contributed by atoms with E-state index < -0.39 is 0 Å². The molecular formula is C24H27N3O2S. The minimum atomic E-state index is -0.0710. The molecule has 30 heavy (non-hydrogen) atoms. The van der Waals surface area contributed by atoms with E-state index in [-0.39, 0.29) is 17.9 Å². The maximum absolute atomic E-state index is 13.2. The van der Waals surface area contributed by atoms with Crippen LogP contribution in [-0.4, -0.2) is 40.8 Å². The molecule has 4 rings (SSSR count). The molecule has 3 heterocycles. The van der Waals surface area contributed by atoms with Crippen LogP contribution in [0, 0.1) is 5.92 Å². The van der Waals surface area contributed by atoms with Crippen LogP contribution >= 0.6 is 11.3 Å². The van der Waals surface area contributed by atoms with Crippen LogP contribution in [0.2, 0.25) is 0 Å². The number of hydrogen-bond donors (Lipinski definition) is 1. The monoisotopic (exact) mass is 421 g/mol. The Kier molecular flexibility index (Phi) is 6.13. The molecule has 1 aliphatic rings. The molecule has 3 aromatic rings. The van der Waals surface area contributed by atoms with E-state index in [9.17, 15) is 9.59 Å². The van der Waals surface area contributed by atoms with E-state index in [0.29, 0.717) is 31.0 Å². The van der Waals surface area contributed by atoms with Gasteiger partial charge in [0.1, 0.15) is 0 Å². The molecule has 0 radical (unpaired) electrons. The molecular weight excluding hydrogens is 394 g/mol. The molecule has 0 unspecified atom stereocenters. The van der Waals surface area contributed by atoms with Gasteiger partial charge in [-0.1, -0.05) is 38.1 Å². The van der Waals surface area contributed by atoms with Crippen LogP contribution < -0.4 is 5.32 Å². The molecule has 2 amide bonds. The number of aromatic nitrogens is 1. The second-order valence-electron chi connectivity index (χ2n) is 8.28. The Morgan fingerprint density at radius 3 is 2.63 bits per heavy atom. The molecule has 0 saturated carbocycles. The number of carbonyl (C=O) groups is 2. The quantitative estimate of drug-likeness (QED) is 0.648. The van der Waals surface area contributed by atoms with Gasteiger partial charge in [0.2, 0.25) is 5.91 Å². The van der Waals surface area contributed by atoms with Crippen molar-refractivity contribution in [2.24, 2.45) is 5.92 Å². The number of nitrogens with one attached hydrogen (secondary N) is 1. The van der Waals surface area contributed by atoms with Crippen molar-refractivity contribution in [2.45, 2.75) is 39.2 Å². The van der Waals surface area contributed by atoms with Crippen molar-refractivity contribution < 1.29 is 9.59 Å². The van der Waals surface area contributed by atoms with Gasteiger partial charge in [0.25, 0.3) is 5.91 Å². The van der Waals surface area contributed by atoms with Gasteiger partial charge < -0.3 is 10.2 Å². The van der Waals surface area contributed by atoms with Crippen molar-refractivity contribution >= 4 is 34.1 Å². The Balaban J connectivity index is 1.49. The number of para-hydroxylation sites is 1. The average Bonchev–Trinajstić information content (AvgIpc) is 3.28. The number of amides is 2. The lowest BCUT2D eigenvalue weighted by Crippen LogP contribution is -2.46. The third-order valence-electron chi connectivity index (χ3n) is 5.50. The minimum Gasteiger partial charge on any atom is -0.349 e. The van der Waals surface area contributed by atoms with E-state index in [1.54, 1.807) is 11.3 Å². The molecule has 1 fully saturated rings. The summed E-state index contributed by atoms with van der Waals surface area (Å²) in [6.45, 7) is 5.53. The Hall–Kier alpha value is -2.73. The van der Waals surface area contributed by atoms with Gasteiger partial charge in [0.15, 0.2) is 0 Å². The van der Waals surface area contributed by atoms with Gasteiger partial charge in [-0.15, -0.1) is 11.3 Å². The van der Waals surface area contributed by atoms with Gasteiger partial charge in [-0.25, -0.2) is 4.98 Å². The lowest BCUT2D eigenvalue weighted by Gasteiger charge is -2.33. The van der Waals surface area contributed by atoms with Crippen molar-refractivity contribution in [1.82, 2.24) is 15.2 Å². The van der Waals surface area contributed by atoms with Crippen molar-refractivity contribution in [2.75, 3.05) is 13.1 Å². The summed E-state index contributed by atoms with van der Waals surface area (Å²) in [5.74, 6) is 0.515. The number of benzene rings is 1. The number of fused-ring (bicyclic) bond motifs is 1. The largest absolute Gasteiger partial charge is 0.349 e. The summed E-state index contributed by atoms with van der Waals surface area (Å²) in [5, 5.41) is 6.07. The Bertz CT molecular complexity index is 1040. The van der Waals surface area contributed by atoms with Gasteiger partial charge in [0, 0.05) is 30.9 Å². The molecule has 2 aromatic heterocycles. The van der Waals surface area contributed by atoms with Crippen LogP contribution in [0.5, 0.6) is 0 Å². The van der Waals surface area contributed by atoms with E-state index >= 15 is 0 Å². The van der Waals surface area contributed by atoms with Gasteiger partial charge in [-0.2, -0.15) is 0 Å². The molecule has 0 bridgehead atoms. The molecule has 1 aliphatic heterocycles. The number of nitrogens with zero attached hydrogens (tertiary/aromatic N) is 2. The van der Waals surface area contributed by atoms with Gasteiger partial charge in [0.05, 0.1) is 21.7 Å². The van der Waals surface area contributed by atoms with Crippen LogP contribution in [0.1, 0.15) is 43.5 Å². The molecule has 0 spiro atoms. The highest BCUT2D eigenvalue weighted by molar-refractivity contribution is 7.13. The Morgan fingerprint density at radius 2 is 1.93 bits per heavy atom. The number of hydrogen-bond acceptors (Lipinski definition) is 4. The molecule has 0 atom stereocenters. The zero-order valence-corrected chi connectivity index (χ0v) is 18.2. The van der Waals surface area contributed by atoms with E-state index in [4.69, 9.17) is 4.98 Å². The highest BCUT2D eigenvalue weighted by Crippen LogP contribution is 2.28. The summed E-state index contributed by atoms with van der Waals surface area (Å²) < 4.78 is 0. The predicted octanol–water partition coefficient (Wildman–Crippen LogP) is 4.73. The van der Waals surface area contributed by atoms with Crippen molar-refractivity contribution in [1.29, 1.82) is 0 Å². The number of rotatable bonds is 5. The molecule has 156 valence electrons. The first-order chi connectivity index (χ1) is 14.5. The topological polar surface area (TPSA) is 62.3 Å². The molecule has 6 heteroatoms. The lowest BCUT2D eigenvalue weighted by molar-refractivity contribution is -0.133. The summed E-state index contributed by atoms with van der Waals surface area (Å²) in [6, 6.07) is 13.8. The third-order valence-corrected chi connectivity index (χ3v) is 6.39. The van der Waals surface area contributed by atoms with E-state index in [0.717, 1.165) is 34.3 Å². The normalized spacial score (nSPS) is 15.0. The number of thiophene rings is 1. The number of carbonyl (C=O) groups excluding carboxylic acids is 2. The van der Waals surface area contributed by atoms with E-state index in [1.807, 2.05) is 52.7 Å². The van der Waals surface area contributed by atoms with Gasteiger partial charge >= 0.3 is 0 Å². The van der Waals surface area contributed by atoms with Gasteiger partial charge in [-0.05, 0) is 42.3 Å². The van der Waals surface area contributed by atoms with E-state index in [2.05, 4.69) is 19.2 Å². The first kappa shape index (κ1) is 20.5. The highest BCUT2D eigenvalue weighted by atomic mass is 32.1. The highest BCUT2D eigenvalue weighted by Gasteiger charge is 2.25. The van der Waals surface area contributed by atoms with Crippen LogP contribution in [-0.2, 0) is 4.79 Å². The Morgan fingerprint density at radius 1 is 1.17 bits per heavy atom. The first-order valence-electron chi connectivity index (χ1n) is 10.5. The van der Waals surface area contributed by atoms with Crippen LogP contribution in [0.4, 0.5) is 0 Å². The van der Waals surface area contributed by atoms with E-state index in [1.165, 1.54) is 0 Å². The van der Waals surface area contributed by atoms with Crippen molar-refractivity contribution in [3.63, 3.8) is 0 Å². The summed E-state index contributed by atoms with van der Waals surface area (Å²) in [5.41, 5.74) is 2.30.